The zero-order valence-corrected chi connectivity index (χ0v) is 13.1. The van der Waals surface area contributed by atoms with Crippen LogP contribution in [0.2, 0.25) is 0 Å². The Morgan fingerprint density at radius 1 is 1.35 bits per heavy atom. The minimum absolute atomic E-state index is 0.725. The van der Waals surface area contributed by atoms with E-state index in [1.807, 2.05) is 12.1 Å². The van der Waals surface area contributed by atoms with Crippen molar-refractivity contribution in [1.82, 2.24) is 20.3 Å². The summed E-state index contributed by atoms with van der Waals surface area (Å²) in [7, 11) is 0. The highest BCUT2D eigenvalue weighted by Gasteiger charge is 2.18. The van der Waals surface area contributed by atoms with Crippen LogP contribution in [0.4, 0.5) is 0 Å². The minimum atomic E-state index is 0.725. The molecule has 0 radical (unpaired) electrons. The SMILES string of the molecule is CCCc1nc(-c2ncccc2Br)nc2c1CCNC2. The third-order valence-electron chi connectivity index (χ3n) is 3.48. The van der Waals surface area contributed by atoms with Gasteiger partial charge in [0.05, 0.1) is 5.69 Å². The van der Waals surface area contributed by atoms with Gasteiger partial charge in [-0.25, -0.2) is 9.97 Å². The Hall–Kier alpha value is -1.33. The van der Waals surface area contributed by atoms with Gasteiger partial charge in [-0.1, -0.05) is 13.3 Å². The van der Waals surface area contributed by atoms with Crippen LogP contribution >= 0.6 is 15.9 Å². The molecule has 3 rings (SSSR count). The maximum absolute atomic E-state index is 4.78. The molecule has 5 heteroatoms. The molecule has 0 spiro atoms. The van der Waals surface area contributed by atoms with Crippen LogP contribution in [0.3, 0.4) is 0 Å². The molecule has 0 aromatic carbocycles. The average molecular weight is 333 g/mol. The maximum Gasteiger partial charge on any atom is 0.179 e. The van der Waals surface area contributed by atoms with Gasteiger partial charge in [0.25, 0.3) is 0 Å². The molecule has 104 valence electrons. The van der Waals surface area contributed by atoms with Crippen LogP contribution in [0.15, 0.2) is 22.8 Å². The summed E-state index contributed by atoms with van der Waals surface area (Å²) in [6, 6.07) is 3.88. The Balaban J connectivity index is 2.13. The summed E-state index contributed by atoms with van der Waals surface area (Å²) in [5.41, 5.74) is 4.47. The summed E-state index contributed by atoms with van der Waals surface area (Å²) >= 11 is 3.53. The van der Waals surface area contributed by atoms with Crippen LogP contribution in [0.1, 0.15) is 30.3 Å². The van der Waals surface area contributed by atoms with Gasteiger partial charge >= 0.3 is 0 Å². The summed E-state index contributed by atoms with van der Waals surface area (Å²) in [4.78, 5) is 13.9. The summed E-state index contributed by atoms with van der Waals surface area (Å²) < 4.78 is 0.936. The van der Waals surface area contributed by atoms with E-state index in [9.17, 15) is 0 Å². The molecule has 0 saturated heterocycles. The first-order chi connectivity index (χ1) is 9.79. The monoisotopic (exact) mass is 332 g/mol. The fraction of sp³-hybridized carbons (Fsp3) is 0.400. The Kier molecular flexibility index (Phi) is 4.08. The van der Waals surface area contributed by atoms with Crippen molar-refractivity contribution in [2.24, 2.45) is 0 Å². The largest absolute Gasteiger partial charge is 0.311 e. The van der Waals surface area contributed by atoms with Crippen LogP contribution in [0, 0.1) is 0 Å². The Labute approximate surface area is 127 Å². The fourth-order valence-electron chi connectivity index (χ4n) is 2.54. The quantitative estimate of drug-likeness (QED) is 0.938. The van der Waals surface area contributed by atoms with Crippen molar-refractivity contribution in [3.05, 3.63) is 39.8 Å². The smallest absolute Gasteiger partial charge is 0.179 e. The third-order valence-corrected chi connectivity index (χ3v) is 4.12. The number of halogens is 1. The molecule has 4 nitrogen and oxygen atoms in total. The van der Waals surface area contributed by atoms with Gasteiger partial charge in [-0.15, -0.1) is 0 Å². The van der Waals surface area contributed by atoms with E-state index >= 15 is 0 Å². The zero-order valence-electron chi connectivity index (χ0n) is 11.5. The maximum atomic E-state index is 4.78. The lowest BCUT2D eigenvalue weighted by molar-refractivity contribution is 0.614. The molecule has 3 heterocycles. The highest BCUT2D eigenvalue weighted by Crippen LogP contribution is 2.26. The summed E-state index contributed by atoms with van der Waals surface area (Å²) in [5, 5.41) is 3.38. The van der Waals surface area contributed by atoms with Crippen LogP contribution in [-0.2, 0) is 19.4 Å². The number of fused-ring (bicyclic) bond motifs is 1. The highest BCUT2D eigenvalue weighted by molar-refractivity contribution is 9.10. The van der Waals surface area contributed by atoms with E-state index in [0.717, 1.165) is 54.0 Å². The molecule has 1 aliphatic heterocycles. The molecule has 2 aromatic heterocycles. The number of aromatic nitrogens is 3. The summed E-state index contributed by atoms with van der Waals surface area (Å²) in [5.74, 6) is 0.725. The van der Waals surface area contributed by atoms with E-state index in [0.29, 0.717) is 0 Å². The molecule has 0 saturated carbocycles. The van der Waals surface area contributed by atoms with E-state index in [-0.39, 0.29) is 0 Å². The van der Waals surface area contributed by atoms with E-state index in [1.54, 1.807) is 6.20 Å². The number of rotatable bonds is 3. The van der Waals surface area contributed by atoms with Crippen molar-refractivity contribution in [2.45, 2.75) is 32.7 Å². The number of hydrogen-bond donors (Lipinski definition) is 1. The van der Waals surface area contributed by atoms with E-state index in [4.69, 9.17) is 9.97 Å². The molecular formula is C15H17BrN4. The first-order valence-corrected chi connectivity index (χ1v) is 7.79. The normalized spacial score (nSPS) is 14.1. The molecule has 0 bridgehead atoms. The van der Waals surface area contributed by atoms with E-state index in [2.05, 4.69) is 33.2 Å². The molecule has 0 unspecified atom stereocenters. The van der Waals surface area contributed by atoms with Gasteiger partial charge in [-0.2, -0.15) is 0 Å². The van der Waals surface area contributed by atoms with Gasteiger partial charge in [0.15, 0.2) is 5.82 Å². The molecule has 0 amide bonds. The Morgan fingerprint density at radius 2 is 2.25 bits per heavy atom. The van der Waals surface area contributed by atoms with Gasteiger partial charge in [0.2, 0.25) is 0 Å². The summed E-state index contributed by atoms with van der Waals surface area (Å²) in [6.07, 6.45) is 4.90. The molecule has 1 N–H and O–H groups in total. The molecular weight excluding hydrogens is 316 g/mol. The molecule has 20 heavy (non-hydrogen) atoms. The van der Waals surface area contributed by atoms with Crippen molar-refractivity contribution in [1.29, 1.82) is 0 Å². The number of hydrogen-bond acceptors (Lipinski definition) is 4. The van der Waals surface area contributed by atoms with Crippen LogP contribution in [-0.4, -0.2) is 21.5 Å². The number of nitrogens with zero attached hydrogens (tertiary/aromatic N) is 3. The second kappa shape index (κ2) is 5.97. The minimum Gasteiger partial charge on any atom is -0.311 e. The van der Waals surface area contributed by atoms with Crippen molar-refractivity contribution in [2.75, 3.05) is 6.54 Å². The topological polar surface area (TPSA) is 50.7 Å². The lowest BCUT2D eigenvalue weighted by Gasteiger charge is -2.20. The van der Waals surface area contributed by atoms with Crippen LogP contribution in [0.25, 0.3) is 11.5 Å². The first kappa shape index (κ1) is 13.6. The van der Waals surface area contributed by atoms with Gasteiger partial charge in [-0.05, 0) is 53.0 Å². The second-order valence-electron chi connectivity index (χ2n) is 4.93. The lowest BCUT2D eigenvalue weighted by Crippen LogP contribution is -2.26. The molecule has 0 atom stereocenters. The van der Waals surface area contributed by atoms with Gasteiger partial charge < -0.3 is 5.32 Å². The zero-order chi connectivity index (χ0) is 13.9. The highest BCUT2D eigenvalue weighted by atomic mass is 79.9. The predicted molar refractivity (Wildman–Crippen MR) is 82.4 cm³/mol. The van der Waals surface area contributed by atoms with Crippen LogP contribution in [0.5, 0.6) is 0 Å². The third kappa shape index (κ3) is 2.60. The van der Waals surface area contributed by atoms with E-state index in [1.165, 1.54) is 11.3 Å². The Bertz CT molecular complexity index is 627. The number of pyridine rings is 1. The predicted octanol–water partition coefficient (Wildman–Crippen LogP) is 2.90. The second-order valence-corrected chi connectivity index (χ2v) is 5.78. The molecule has 2 aromatic rings. The average Bonchev–Trinajstić information content (AvgIpc) is 2.48. The van der Waals surface area contributed by atoms with Gasteiger partial charge in [0.1, 0.15) is 5.69 Å². The molecule has 0 fully saturated rings. The molecule has 0 aliphatic carbocycles. The number of nitrogens with one attached hydrogen (secondary N) is 1. The number of aryl methyl sites for hydroxylation is 1. The molecule has 1 aliphatic rings. The van der Waals surface area contributed by atoms with Crippen molar-refractivity contribution < 1.29 is 0 Å². The van der Waals surface area contributed by atoms with Crippen molar-refractivity contribution >= 4 is 15.9 Å². The van der Waals surface area contributed by atoms with Crippen molar-refractivity contribution in [3.63, 3.8) is 0 Å². The van der Waals surface area contributed by atoms with Gasteiger partial charge in [-0.3, -0.25) is 4.98 Å². The fourth-order valence-corrected chi connectivity index (χ4v) is 2.97. The lowest BCUT2D eigenvalue weighted by atomic mass is 10.0. The first-order valence-electron chi connectivity index (χ1n) is 7.00. The van der Waals surface area contributed by atoms with Crippen LogP contribution < -0.4 is 5.32 Å². The van der Waals surface area contributed by atoms with Gasteiger partial charge in [0, 0.05) is 22.9 Å². The Morgan fingerprint density at radius 3 is 3.05 bits per heavy atom. The van der Waals surface area contributed by atoms with Crippen molar-refractivity contribution in [3.8, 4) is 11.5 Å². The standard InChI is InChI=1S/C15H17BrN4/c1-2-4-12-10-6-8-17-9-13(10)20-15(19-12)14-11(16)5-3-7-18-14/h3,5,7,17H,2,4,6,8-9H2,1H3. The summed E-state index contributed by atoms with van der Waals surface area (Å²) in [6.45, 7) is 4.03. The van der Waals surface area contributed by atoms with E-state index < -0.39 is 0 Å².